The van der Waals surface area contributed by atoms with Gasteiger partial charge in [0.2, 0.25) is 0 Å². The predicted molar refractivity (Wildman–Crippen MR) is 87.4 cm³/mol. The first-order valence-corrected chi connectivity index (χ1v) is 7.74. The smallest absolute Gasteiger partial charge is 0.307 e. The standard InChI is InChI=1S/C17H25N3O/c1-12(2)15-10-9-13(3)11-16(15)19-20-17(21)18-14-7-5-4-6-8-14/h4-8,12-13,15H,9-11H2,1-3H3,(H2,18,20,21). The summed E-state index contributed by atoms with van der Waals surface area (Å²) in [6.45, 7) is 6.69. The van der Waals surface area contributed by atoms with E-state index < -0.39 is 0 Å². The molecule has 21 heavy (non-hydrogen) atoms. The molecule has 0 aliphatic heterocycles. The van der Waals surface area contributed by atoms with Crippen LogP contribution in [0.15, 0.2) is 35.4 Å². The molecule has 0 radical (unpaired) electrons. The number of anilines is 1. The first-order chi connectivity index (χ1) is 10.1. The topological polar surface area (TPSA) is 53.5 Å². The summed E-state index contributed by atoms with van der Waals surface area (Å²) in [6.07, 6.45) is 3.40. The molecule has 2 rings (SSSR count). The summed E-state index contributed by atoms with van der Waals surface area (Å²) < 4.78 is 0. The van der Waals surface area contributed by atoms with Gasteiger partial charge in [0, 0.05) is 17.3 Å². The van der Waals surface area contributed by atoms with Crippen molar-refractivity contribution in [1.29, 1.82) is 0 Å². The molecule has 1 aromatic carbocycles. The van der Waals surface area contributed by atoms with Gasteiger partial charge in [0.15, 0.2) is 0 Å². The van der Waals surface area contributed by atoms with E-state index in [2.05, 4.69) is 36.6 Å². The summed E-state index contributed by atoms with van der Waals surface area (Å²) in [7, 11) is 0. The van der Waals surface area contributed by atoms with E-state index in [1.54, 1.807) is 0 Å². The zero-order valence-electron chi connectivity index (χ0n) is 13.1. The van der Waals surface area contributed by atoms with Crippen molar-refractivity contribution in [1.82, 2.24) is 5.43 Å². The van der Waals surface area contributed by atoms with Gasteiger partial charge in [0.1, 0.15) is 0 Å². The largest absolute Gasteiger partial charge is 0.339 e. The minimum atomic E-state index is -0.283. The molecule has 2 N–H and O–H groups in total. The SMILES string of the molecule is CC1CCC(C(C)C)C(=NNC(=O)Nc2ccccc2)C1. The summed E-state index contributed by atoms with van der Waals surface area (Å²) in [5.41, 5.74) is 4.55. The molecule has 0 spiro atoms. The van der Waals surface area contributed by atoms with Crippen molar-refractivity contribution in [3.05, 3.63) is 30.3 Å². The van der Waals surface area contributed by atoms with Crippen molar-refractivity contribution in [2.45, 2.75) is 40.0 Å². The summed E-state index contributed by atoms with van der Waals surface area (Å²) in [6, 6.07) is 9.12. The number of hydrogen-bond donors (Lipinski definition) is 2. The molecule has 1 aromatic rings. The number of rotatable bonds is 3. The summed E-state index contributed by atoms with van der Waals surface area (Å²) in [4.78, 5) is 11.9. The average Bonchev–Trinajstić information content (AvgIpc) is 2.46. The van der Waals surface area contributed by atoms with Crippen LogP contribution in [-0.2, 0) is 0 Å². The lowest BCUT2D eigenvalue weighted by molar-refractivity contribution is 0.252. The van der Waals surface area contributed by atoms with Crippen molar-refractivity contribution in [3.63, 3.8) is 0 Å². The Morgan fingerprint density at radius 3 is 2.62 bits per heavy atom. The van der Waals surface area contributed by atoms with Crippen molar-refractivity contribution >= 4 is 17.4 Å². The fourth-order valence-electron chi connectivity index (χ4n) is 2.89. The maximum absolute atomic E-state index is 11.9. The molecule has 1 aliphatic rings. The van der Waals surface area contributed by atoms with Crippen LogP contribution in [0, 0.1) is 17.8 Å². The molecule has 0 heterocycles. The van der Waals surface area contributed by atoms with Gasteiger partial charge in [-0.25, -0.2) is 10.2 Å². The third kappa shape index (κ3) is 4.59. The lowest BCUT2D eigenvalue weighted by Gasteiger charge is -2.30. The molecule has 0 bridgehead atoms. The normalized spacial score (nSPS) is 24.1. The number of carbonyl (C=O) groups is 1. The Morgan fingerprint density at radius 1 is 1.24 bits per heavy atom. The molecule has 114 valence electrons. The van der Waals surface area contributed by atoms with Gasteiger partial charge >= 0.3 is 6.03 Å². The van der Waals surface area contributed by atoms with Crippen molar-refractivity contribution < 1.29 is 4.79 Å². The Balaban J connectivity index is 1.96. The number of carbonyl (C=O) groups excluding carboxylic acids is 1. The maximum atomic E-state index is 11.9. The Hall–Kier alpha value is -1.84. The monoisotopic (exact) mass is 287 g/mol. The Kier molecular flexibility index (Phi) is 5.37. The predicted octanol–water partition coefficient (Wildman–Crippen LogP) is 4.26. The van der Waals surface area contributed by atoms with E-state index in [-0.39, 0.29) is 6.03 Å². The van der Waals surface area contributed by atoms with Gasteiger partial charge in [-0.05, 0) is 43.2 Å². The first-order valence-electron chi connectivity index (χ1n) is 7.74. The molecule has 2 atom stereocenters. The van der Waals surface area contributed by atoms with Crippen LogP contribution in [0.4, 0.5) is 10.5 Å². The van der Waals surface area contributed by atoms with Crippen LogP contribution in [0.5, 0.6) is 0 Å². The van der Waals surface area contributed by atoms with Crippen LogP contribution < -0.4 is 10.7 Å². The number of nitrogens with zero attached hydrogens (tertiary/aromatic N) is 1. The Bertz CT molecular complexity index is 496. The van der Waals surface area contributed by atoms with Crippen LogP contribution >= 0.6 is 0 Å². The number of hydrogen-bond acceptors (Lipinski definition) is 2. The lowest BCUT2D eigenvalue weighted by Crippen LogP contribution is -2.32. The maximum Gasteiger partial charge on any atom is 0.339 e. The van der Waals surface area contributed by atoms with Crippen LogP contribution in [0.25, 0.3) is 0 Å². The van der Waals surface area contributed by atoms with Crippen LogP contribution in [-0.4, -0.2) is 11.7 Å². The van der Waals surface area contributed by atoms with E-state index in [9.17, 15) is 4.79 Å². The molecule has 0 saturated heterocycles. The van der Waals surface area contributed by atoms with E-state index in [1.165, 1.54) is 12.8 Å². The molecule has 1 aliphatic carbocycles. The molecule has 2 amide bonds. The zero-order chi connectivity index (χ0) is 15.2. The summed E-state index contributed by atoms with van der Waals surface area (Å²) in [5, 5.41) is 7.17. The first kappa shape index (κ1) is 15.5. The minimum Gasteiger partial charge on any atom is -0.307 e. The minimum absolute atomic E-state index is 0.283. The second kappa shape index (κ2) is 7.25. The third-order valence-corrected chi connectivity index (χ3v) is 4.09. The van der Waals surface area contributed by atoms with Crippen molar-refractivity contribution in [2.75, 3.05) is 5.32 Å². The molecule has 2 unspecified atom stereocenters. The molecule has 1 saturated carbocycles. The summed E-state index contributed by atoms with van der Waals surface area (Å²) >= 11 is 0. The highest BCUT2D eigenvalue weighted by molar-refractivity contribution is 5.92. The van der Waals surface area contributed by atoms with Crippen LogP contribution in [0.1, 0.15) is 40.0 Å². The fourth-order valence-corrected chi connectivity index (χ4v) is 2.89. The van der Waals surface area contributed by atoms with E-state index >= 15 is 0 Å². The molecule has 0 aromatic heterocycles. The quantitative estimate of drug-likeness (QED) is 0.802. The van der Waals surface area contributed by atoms with E-state index in [0.717, 1.165) is 17.8 Å². The van der Waals surface area contributed by atoms with E-state index in [4.69, 9.17) is 0 Å². The van der Waals surface area contributed by atoms with E-state index in [1.807, 2.05) is 30.3 Å². The highest BCUT2D eigenvalue weighted by Gasteiger charge is 2.27. The fraction of sp³-hybridized carbons (Fsp3) is 0.529. The van der Waals surface area contributed by atoms with Gasteiger partial charge in [-0.15, -0.1) is 0 Å². The highest BCUT2D eigenvalue weighted by atomic mass is 16.2. The van der Waals surface area contributed by atoms with Gasteiger partial charge in [-0.2, -0.15) is 5.10 Å². The van der Waals surface area contributed by atoms with Crippen molar-refractivity contribution in [3.8, 4) is 0 Å². The number of urea groups is 1. The Labute approximate surface area is 127 Å². The van der Waals surface area contributed by atoms with Gasteiger partial charge in [0.25, 0.3) is 0 Å². The number of hydrazone groups is 1. The number of nitrogens with one attached hydrogen (secondary N) is 2. The van der Waals surface area contributed by atoms with Gasteiger partial charge in [0.05, 0.1) is 0 Å². The second-order valence-electron chi connectivity index (χ2n) is 6.27. The lowest BCUT2D eigenvalue weighted by atomic mass is 9.76. The molecular formula is C17H25N3O. The zero-order valence-corrected chi connectivity index (χ0v) is 13.1. The van der Waals surface area contributed by atoms with Crippen LogP contribution in [0.2, 0.25) is 0 Å². The Morgan fingerprint density at radius 2 is 1.95 bits per heavy atom. The third-order valence-electron chi connectivity index (χ3n) is 4.09. The van der Waals surface area contributed by atoms with Crippen LogP contribution in [0.3, 0.4) is 0 Å². The molecule has 4 nitrogen and oxygen atoms in total. The number of amides is 2. The van der Waals surface area contributed by atoms with Gasteiger partial charge < -0.3 is 5.32 Å². The molecule has 4 heteroatoms. The van der Waals surface area contributed by atoms with E-state index in [0.29, 0.717) is 17.8 Å². The number of benzene rings is 1. The van der Waals surface area contributed by atoms with Crippen molar-refractivity contribution in [2.24, 2.45) is 22.9 Å². The summed E-state index contributed by atoms with van der Waals surface area (Å²) in [5.74, 6) is 1.70. The molecule has 1 fully saturated rings. The van der Waals surface area contributed by atoms with Gasteiger partial charge in [-0.1, -0.05) is 39.0 Å². The number of para-hydroxylation sites is 1. The molecular weight excluding hydrogens is 262 g/mol. The average molecular weight is 287 g/mol. The van der Waals surface area contributed by atoms with Gasteiger partial charge in [-0.3, -0.25) is 0 Å². The second-order valence-corrected chi connectivity index (χ2v) is 6.27. The highest BCUT2D eigenvalue weighted by Crippen LogP contribution is 2.31.